The van der Waals surface area contributed by atoms with E-state index in [0.717, 1.165) is 22.5 Å². The van der Waals surface area contributed by atoms with Crippen molar-refractivity contribution in [3.63, 3.8) is 0 Å². The van der Waals surface area contributed by atoms with E-state index in [0.29, 0.717) is 28.7 Å². The molecule has 4 rings (SSSR count). The van der Waals surface area contributed by atoms with E-state index in [2.05, 4.69) is 26.6 Å². The van der Waals surface area contributed by atoms with Crippen LogP contribution in [-0.4, -0.2) is 31.4 Å². The van der Waals surface area contributed by atoms with Crippen LogP contribution < -0.4 is 10.1 Å². The van der Waals surface area contributed by atoms with Gasteiger partial charge in [-0.2, -0.15) is 5.26 Å². The quantitative estimate of drug-likeness (QED) is 0.335. The zero-order chi connectivity index (χ0) is 24.8. The van der Waals surface area contributed by atoms with Crippen molar-refractivity contribution in [3.05, 3.63) is 77.5 Å². The van der Waals surface area contributed by atoms with Gasteiger partial charge in [-0.05, 0) is 62.2 Å². The minimum atomic E-state index is -0.147. The van der Waals surface area contributed by atoms with Crippen LogP contribution in [0, 0.1) is 25.2 Å². The van der Waals surface area contributed by atoms with Gasteiger partial charge in [-0.15, -0.1) is 10.2 Å². The number of carbonyl (C=O) groups is 1. The fourth-order valence-electron chi connectivity index (χ4n) is 3.53. The Morgan fingerprint density at radius 3 is 2.69 bits per heavy atom. The normalized spacial score (nSPS) is 10.6. The van der Waals surface area contributed by atoms with E-state index in [1.807, 2.05) is 49.6 Å². The summed E-state index contributed by atoms with van der Waals surface area (Å²) in [7, 11) is 0. The van der Waals surface area contributed by atoms with Crippen LogP contribution in [0.5, 0.6) is 11.6 Å². The van der Waals surface area contributed by atoms with Crippen LogP contribution in [0.2, 0.25) is 0 Å². The third-order valence-corrected chi connectivity index (χ3v) is 6.30. The molecule has 1 N–H and O–H groups in total. The number of rotatable bonds is 8. The maximum atomic E-state index is 12.7. The summed E-state index contributed by atoms with van der Waals surface area (Å²) in [6.45, 7) is 6.65. The summed E-state index contributed by atoms with van der Waals surface area (Å²) >= 11 is 1.35. The van der Waals surface area contributed by atoms with Crippen LogP contribution in [-0.2, 0) is 11.3 Å². The van der Waals surface area contributed by atoms with Crippen LogP contribution in [0.15, 0.2) is 66.0 Å². The Morgan fingerprint density at radius 2 is 1.94 bits per heavy atom. The second-order valence-corrected chi connectivity index (χ2v) is 8.69. The number of nitrogens with one attached hydrogen (secondary N) is 1. The van der Waals surface area contributed by atoms with Crippen LogP contribution in [0.3, 0.4) is 0 Å². The van der Waals surface area contributed by atoms with Crippen molar-refractivity contribution in [1.82, 2.24) is 19.7 Å². The number of hydrogen-bond acceptors (Lipinski definition) is 7. The molecule has 8 nitrogen and oxygen atoms in total. The molecule has 0 saturated carbocycles. The maximum Gasteiger partial charge on any atom is 0.237 e. The summed E-state index contributed by atoms with van der Waals surface area (Å²) in [4.78, 5) is 16.8. The van der Waals surface area contributed by atoms with Crippen molar-refractivity contribution in [2.45, 2.75) is 32.5 Å². The highest BCUT2D eigenvalue weighted by atomic mass is 32.2. The van der Waals surface area contributed by atoms with Gasteiger partial charge < -0.3 is 14.6 Å². The molecule has 1 amide bonds. The lowest BCUT2D eigenvalue weighted by Crippen LogP contribution is -2.15. The molecule has 35 heavy (non-hydrogen) atoms. The predicted molar refractivity (Wildman–Crippen MR) is 135 cm³/mol. The molecule has 0 radical (unpaired) electrons. The predicted octanol–water partition coefficient (Wildman–Crippen LogP) is 5.37. The molecule has 0 aliphatic heterocycles. The number of pyridine rings is 1. The summed E-state index contributed by atoms with van der Waals surface area (Å²) < 4.78 is 7.77. The van der Waals surface area contributed by atoms with Crippen LogP contribution in [0.25, 0.3) is 11.4 Å². The number of nitriles is 1. The van der Waals surface area contributed by atoms with Crippen molar-refractivity contribution in [2.75, 3.05) is 11.1 Å². The van der Waals surface area contributed by atoms with Crippen molar-refractivity contribution in [1.29, 1.82) is 5.26 Å². The zero-order valence-electron chi connectivity index (χ0n) is 19.6. The highest BCUT2D eigenvalue weighted by Gasteiger charge is 2.16. The van der Waals surface area contributed by atoms with Crippen molar-refractivity contribution in [2.24, 2.45) is 0 Å². The average Bonchev–Trinajstić information content (AvgIpc) is 3.27. The van der Waals surface area contributed by atoms with Gasteiger partial charge in [0.2, 0.25) is 11.8 Å². The lowest BCUT2D eigenvalue weighted by atomic mass is 10.1. The van der Waals surface area contributed by atoms with Gasteiger partial charge in [0.05, 0.1) is 5.75 Å². The topological polar surface area (TPSA) is 106 Å². The monoisotopic (exact) mass is 484 g/mol. The number of nitrogens with zero attached hydrogens (tertiary/aromatic N) is 5. The first kappa shape index (κ1) is 24.0. The van der Waals surface area contributed by atoms with Gasteiger partial charge in [0.15, 0.2) is 11.0 Å². The Bertz CT molecular complexity index is 1410. The van der Waals surface area contributed by atoms with Crippen LogP contribution >= 0.6 is 11.8 Å². The molecule has 0 fully saturated rings. The number of ether oxygens (including phenoxy) is 1. The lowest BCUT2D eigenvalue weighted by molar-refractivity contribution is -0.113. The molecule has 9 heteroatoms. The number of thioether (sulfide) groups is 1. The Labute approximate surface area is 208 Å². The second kappa shape index (κ2) is 10.8. The highest BCUT2D eigenvalue weighted by molar-refractivity contribution is 7.99. The van der Waals surface area contributed by atoms with Gasteiger partial charge in [-0.3, -0.25) is 4.79 Å². The highest BCUT2D eigenvalue weighted by Crippen LogP contribution is 2.28. The third-order valence-electron chi connectivity index (χ3n) is 5.33. The van der Waals surface area contributed by atoms with E-state index in [-0.39, 0.29) is 17.5 Å². The Hall–Kier alpha value is -4.16. The molecule has 176 valence electrons. The molecule has 0 saturated heterocycles. The van der Waals surface area contributed by atoms with E-state index in [4.69, 9.17) is 4.74 Å². The van der Waals surface area contributed by atoms with E-state index in [9.17, 15) is 10.1 Å². The number of carbonyl (C=O) groups excluding carboxylic acids is 1. The fraction of sp³-hybridized carbons (Fsp3) is 0.192. The SMILES string of the molecule is CCn1c(SCC(=O)Nc2ccc(Oc3ncccc3C#N)cc2C)nnc1-c1ccccc1C. The molecular formula is C26H24N6O2S. The summed E-state index contributed by atoms with van der Waals surface area (Å²) in [5.41, 5.74) is 4.02. The molecule has 0 unspecified atom stereocenters. The minimum absolute atomic E-state index is 0.147. The third kappa shape index (κ3) is 5.50. The lowest BCUT2D eigenvalue weighted by Gasteiger charge is -2.12. The van der Waals surface area contributed by atoms with Gasteiger partial charge >= 0.3 is 0 Å². The number of anilines is 1. The summed E-state index contributed by atoms with van der Waals surface area (Å²) in [6.07, 6.45) is 1.57. The second-order valence-electron chi connectivity index (χ2n) is 7.75. The number of aryl methyl sites for hydroxylation is 2. The molecule has 2 aromatic carbocycles. The van der Waals surface area contributed by atoms with Crippen molar-refractivity contribution < 1.29 is 9.53 Å². The molecule has 2 heterocycles. The summed E-state index contributed by atoms with van der Waals surface area (Å²) in [5, 5.41) is 21.5. The van der Waals surface area contributed by atoms with E-state index >= 15 is 0 Å². The Balaban J connectivity index is 1.40. The first-order valence-corrected chi connectivity index (χ1v) is 12.0. The number of hydrogen-bond donors (Lipinski definition) is 1. The summed E-state index contributed by atoms with van der Waals surface area (Å²) in [5.74, 6) is 1.62. The van der Waals surface area contributed by atoms with Crippen molar-refractivity contribution in [3.8, 4) is 29.1 Å². The van der Waals surface area contributed by atoms with Crippen LogP contribution in [0.1, 0.15) is 23.6 Å². The number of benzene rings is 2. The number of aromatic nitrogens is 4. The van der Waals surface area contributed by atoms with Crippen molar-refractivity contribution >= 4 is 23.4 Å². The molecule has 0 bridgehead atoms. The van der Waals surface area contributed by atoms with E-state index < -0.39 is 0 Å². The first-order chi connectivity index (χ1) is 17.0. The van der Waals surface area contributed by atoms with Gasteiger partial charge in [0.25, 0.3) is 0 Å². The molecule has 4 aromatic rings. The Kier molecular flexibility index (Phi) is 7.43. The standard InChI is InChI=1S/C26H24N6O2S/c1-4-32-24(21-10-6-5-8-17(21)2)30-31-26(32)35-16-23(33)29-22-12-11-20(14-18(22)3)34-25-19(15-27)9-7-13-28-25/h5-14H,4,16H2,1-3H3,(H,29,33). The fourth-order valence-corrected chi connectivity index (χ4v) is 4.33. The van der Waals surface area contributed by atoms with Crippen LogP contribution in [0.4, 0.5) is 5.69 Å². The van der Waals surface area contributed by atoms with E-state index in [1.165, 1.54) is 11.8 Å². The molecule has 0 aliphatic rings. The minimum Gasteiger partial charge on any atom is -0.438 e. The molecule has 2 aromatic heterocycles. The average molecular weight is 485 g/mol. The Morgan fingerprint density at radius 1 is 1.11 bits per heavy atom. The zero-order valence-corrected chi connectivity index (χ0v) is 20.5. The first-order valence-electron chi connectivity index (χ1n) is 11.1. The van der Waals surface area contributed by atoms with E-state index in [1.54, 1.807) is 36.5 Å². The molecular weight excluding hydrogens is 460 g/mol. The van der Waals surface area contributed by atoms with Gasteiger partial charge in [0.1, 0.15) is 17.4 Å². The smallest absolute Gasteiger partial charge is 0.237 e. The molecule has 0 atom stereocenters. The largest absolute Gasteiger partial charge is 0.438 e. The molecule has 0 spiro atoms. The van der Waals surface area contributed by atoms with Gasteiger partial charge in [0, 0.05) is 24.0 Å². The van der Waals surface area contributed by atoms with Gasteiger partial charge in [-0.1, -0.05) is 36.0 Å². The van der Waals surface area contributed by atoms with Gasteiger partial charge in [-0.25, -0.2) is 4.98 Å². The maximum absolute atomic E-state index is 12.7. The number of amides is 1. The molecule has 0 aliphatic carbocycles. The summed E-state index contributed by atoms with van der Waals surface area (Å²) in [6, 6.07) is 18.7.